The molecule has 0 atom stereocenters. The van der Waals surface area contributed by atoms with Crippen LogP contribution in [0.5, 0.6) is 46.0 Å². The molecule has 2 heterocycles. The molecule has 27 nitrogen and oxygen atoms in total. The molecule has 0 aliphatic carbocycles. The number of hydrogen-bond donors (Lipinski definition) is 4. The SMILES string of the molecule is C=CC(=O)OCCCCCCOc1ccc(C(=O)Oc2ccc(OC(=O)c3ccc(OCCCCCCOC(=O)C=C)cc3)c(C=N)c2)cc1.C=CC(=O)OCCCCCCOc1ccc(C(=O)Oc2ccc(OC(=O)c3ccc(OCCCCCCOC(=O)C=C)cc3)c(C=O)c2)cc1.CCCCNc1nc2ccccc2s1.CCCCNc1nc2ccccc2s1.N. The number of thiazole rings is 2. The zero-order chi connectivity index (χ0) is 91.6. The summed E-state index contributed by atoms with van der Waals surface area (Å²) in [4.78, 5) is 116. The van der Waals surface area contributed by atoms with Crippen molar-refractivity contribution in [3.63, 3.8) is 0 Å². The lowest BCUT2D eigenvalue weighted by molar-refractivity contribution is -0.138. The van der Waals surface area contributed by atoms with Crippen LogP contribution in [0, 0.1) is 5.41 Å². The number of unbranched alkanes of at least 4 members (excludes halogenated alkanes) is 14. The third kappa shape index (κ3) is 40.7. The maximum Gasteiger partial charge on any atom is 0.343 e. The average molecular weight is 1800 g/mol. The summed E-state index contributed by atoms with van der Waals surface area (Å²) in [7, 11) is 0. The second-order valence-corrected chi connectivity index (χ2v) is 30.4. The van der Waals surface area contributed by atoms with E-state index in [0.717, 1.165) is 168 Å². The van der Waals surface area contributed by atoms with E-state index in [-0.39, 0.29) is 51.4 Å². The molecular weight excluding hydrogens is 1690 g/mol. The van der Waals surface area contributed by atoms with E-state index in [4.69, 9.17) is 62.3 Å². The van der Waals surface area contributed by atoms with Gasteiger partial charge >= 0.3 is 47.8 Å². The molecular formula is C100H116N6O21S2. The highest BCUT2D eigenvalue weighted by Crippen LogP contribution is 2.31. The Hall–Kier alpha value is -13.6. The number of nitrogens with zero attached hydrogens (tertiary/aromatic N) is 2. The molecule has 684 valence electrons. The number of carbonyl (C=O) groups excluding carboxylic acids is 9. The Morgan fingerprint density at radius 2 is 0.612 bits per heavy atom. The Kier molecular flexibility index (Phi) is 49.8. The summed E-state index contributed by atoms with van der Waals surface area (Å²) >= 11 is 3.45. The summed E-state index contributed by atoms with van der Waals surface area (Å²) in [5.41, 5.74) is 3.63. The minimum absolute atomic E-state index is 0. The van der Waals surface area contributed by atoms with E-state index in [1.165, 1.54) is 71.5 Å². The molecule has 0 aliphatic heterocycles. The van der Waals surface area contributed by atoms with Gasteiger partial charge in [0.1, 0.15) is 46.0 Å². The number of carbonyl (C=O) groups is 9. The lowest BCUT2D eigenvalue weighted by Crippen LogP contribution is -2.11. The highest BCUT2D eigenvalue weighted by atomic mass is 32.1. The second-order valence-electron chi connectivity index (χ2n) is 28.4. The van der Waals surface area contributed by atoms with Crippen LogP contribution in [-0.4, -0.2) is 136 Å². The molecule has 0 aliphatic rings. The number of fused-ring (bicyclic) bond motifs is 2. The van der Waals surface area contributed by atoms with Crippen molar-refractivity contribution in [3.05, 3.63) is 266 Å². The van der Waals surface area contributed by atoms with Crippen molar-refractivity contribution in [1.29, 1.82) is 5.41 Å². The predicted molar refractivity (Wildman–Crippen MR) is 503 cm³/mol. The van der Waals surface area contributed by atoms with Crippen LogP contribution in [0.2, 0.25) is 0 Å². The van der Waals surface area contributed by atoms with E-state index in [0.29, 0.717) is 93.3 Å². The molecule has 10 aromatic rings. The van der Waals surface area contributed by atoms with E-state index in [9.17, 15) is 43.2 Å². The van der Waals surface area contributed by atoms with Crippen LogP contribution in [0.3, 0.4) is 0 Å². The quantitative estimate of drug-likeness (QED) is 0.00523. The predicted octanol–water partition coefficient (Wildman–Crippen LogP) is 21.9. The highest BCUT2D eigenvalue weighted by molar-refractivity contribution is 7.22. The van der Waals surface area contributed by atoms with Gasteiger partial charge in [-0.15, -0.1) is 0 Å². The number of ether oxygens (including phenoxy) is 12. The van der Waals surface area contributed by atoms with Crippen LogP contribution >= 0.6 is 22.7 Å². The molecule has 0 saturated heterocycles. The van der Waals surface area contributed by atoms with Crippen molar-refractivity contribution in [2.45, 2.75) is 142 Å². The first-order valence-corrected chi connectivity index (χ1v) is 44.5. The smallest absolute Gasteiger partial charge is 0.343 e. The number of aldehydes is 1. The van der Waals surface area contributed by atoms with Gasteiger partial charge in [-0.2, -0.15) is 0 Å². The van der Waals surface area contributed by atoms with Crippen LogP contribution in [0.1, 0.15) is 200 Å². The van der Waals surface area contributed by atoms with Crippen LogP contribution in [0.15, 0.2) is 233 Å². The molecule has 0 unspecified atom stereocenters. The van der Waals surface area contributed by atoms with Crippen molar-refractivity contribution in [1.82, 2.24) is 16.1 Å². The maximum absolute atomic E-state index is 12.8. The standard InChI is InChI=1S/C39H43NO10.C39H42O11.2C11H14N2S.H3N/c2*1-3-36(41)47-25-11-7-5-9-23-45-32-17-13-29(14-18-32)38(43)49-34-21-22-35(31(27-34)28-40)50-39(44)30-15-19-33(20-16-30)46-24-10-6-8-12-26-48-37(42)4-2;2*1-2-3-8-12-11-13-9-6-4-5-7-10(9)14-11;/h3-4,13-22,27-28,40H,1-2,5-12,23-26H2;3-4,13-22,27-28H,1-2,5-12,23-26H2;2*4-7H,2-3,8H2,1H3,(H,12,13);1H3. The first-order chi connectivity index (χ1) is 62.4. The molecule has 0 bridgehead atoms. The van der Waals surface area contributed by atoms with Gasteiger partial charge in [0.2, 0.25) is 0 Å². The van der Waals surface area contributed by atoms with Gasteiger partial charge in [-0.05, 0) is 273 Å². The Morgan fingerprint density at radius 3 is 0.891 bits per heavy atom. The minimum atomic E-state index is -0.671. The van der Waals surface area contributed by atoms with Gasteiger partial charge in [0.05, 0.1) is 101 Å². The third-order valence-corrected chi connectivity index (χ3v) is 20.5. The van der Waals surface area contributed by atoms with Crippen molar-refractivity contribution in [2.75, 3.05) is 76.6 Å². The van der Waals surface area contributed by atoms with Crippen LogP contribution in [-0.2, 0) is 38.1 Å². The first-order valence-electron chi connectivity index (χ1n) is 42.8. The van der Waals surface area contributed by atoms with E-state index in [1.807, 2.05) is 12.1 Å². The summed E-state index contributed by atoms with van der Waals surface area (Å²) in [6.45, 7) is 23.4. The summed E-state index contributed by atoms with van der Waals surface area (Å²) in [6, 6.07) is 51.1. The fourth-order valence-electron chi connectivity index (χ4n) is 11.5. The number of benzene rings is 8. The van der Waals surface area contributed by atoms with Crippen LogP contribution in [0.4, 0.5) is 10.3 Å². The first kappa shape index (κ1) is 104. The summed E-state index contributed by atoms with van der Waals surface area (Å²) in [5.74, 6) is -1.30. The minimum Gasteiger partial charge on any atom is -0.494 e. The van der Waals surface area contributed by atoms with Crippen LogP contribution in [0.25, 0.3) is 20.4 Å². The molecule has 10 rings (SSSR count). The number of anilines is 2. The molecule has 8 aromatic carbocycles. The zero-order valence-corrected chi connectivity index (χ0v) is 75.0. The second kappa shape index (κ2) is 61.7. The van der Waals surface area contributed by atoms with Gasteiger partial charge in [0.25, 0.3) is 0 Å². The van der Waals surface area contributed by atoms with Gasteiger partial charge in [-0.3, -0.25) is 4.79 Å². The Labute approximate surface area is 761 Å². The third-order valence-electron chi connectivity index (χ3n) is 18.5. The molecule has 129 heavy (non-hydrogen) atoms. The lowest BCUT2D eigenvalue weighted by atomic mass is 10.2. The van der Waals surface area contributed by atoms with Crippen LogP contribution < -0.4 is 54.7 Å². The largest absolute Gasteiger partial charge is 0.494 e. The Bertz CT molecular complexity index is 4770. The van der Waals surface area contributed by atoms with Crippen molar-refractivity contribution in [2.24, 2.45) is 0 Å². The maximum atomic E-state index is 12.8. The van der Waals surface area contributed by atoms with E-state index in [1.54, 1.807) is 120 Å². The number of esters is 8. The normalized spacial score (nSPS) is 10.3. The number of hydrogen-bond acceptors (Lipinski definition) is 29. The van der Waals surface area contributed by atoms with Crippen molar-refractivity contribution >= 4 is 114 Å². The molecule has 0 fully saturated rings. The van der Waals surface area contributed by atoms with Crippen molar-refractivity contribution < 1.29 is 100.0 Å². The lowest BCUT2D eigenvalue weighted by Gasteiger charge is -2.11. The molecule has 0 spiro atoms. The molecule has 0 saturated carbocycles. The fourth-order valence-corrected chi connectivity index (χ4v) is 13.3. The fraction of sp³-hybridized carbons (Fsp3) is 0.320. The summed E-state index contributed by atoms with van der Waals surface area (Å²) < 4.78 is 67.1. The molecule has 6 N–H and O–H groups in total. The topological polar surface area (TPSA) is 373 Å². The Balaban J connectivity index is 0.000000302. The molecule has 29 heteroatoms. The molecule has 2 aromatic heterocycles. The van der Waals surface area contributed by atoms with Gasteiger partial charge < -0.3 is 79.0 Å². The monoisotopic (exact) mass is 1800 g/mol. The number of nitrogens with one attached hydrogen (secondary N) is 3. The average Bonchev–Trinajstić information content (AvgIpc) is 1.76. The number of rotatable bonds is 54. The van der Waals surface area contributed by atoms with E-state index < -0.39 is 47.8 Å². The van der Waals surface area contributed by atoms with Gasteiger partial charge in [-0.25, -0.2) is 48.3 Å². The summed E-state index contributed by atoms with van der Waals surface area (Å²) in [5, 5.41) is 16.6. The van der Waals surface area contributed by atoms with Gasteiger partial charge in [0.15, 0.2) is 16.5 Å². The van der Waals surface area contributed by atoms with E-state index >= 15 is 0 Å². The zero-order valence-electron chi connectivity index (χ0n) is 73.3. The van der Waals surface area contributed by atoms with Crippen molar-refractivity contribution in [3.8, 4) is 46.0 Å². The van der Waals surface area contributed by atoms with Gasteiger partial charge in [-0.1, -0.05) is 99.9 Å². The molecule has 0 amide bonds. The van der Waals surface area contributed by atoms with E-state index in [2.05, 4.69) is 97.2 Å². The van der Waals surface area contributed by atoms with Gasteiger partial charge in [0, 0.05) is 49.2 Å². The number of aromatic nitrogens is 2. The summed E-state index contributed by atoms with van der Waals surface area (Å²) in [6.07, 6.45) is 24.7. The Morgan fingerprint density at radius 1 is 0.341 bits per heavy atom. The molecule has 0 radical (unpaired) electrons. The highest BCUT2D eigenvalue weighted by Gasteiger charge is 2.19. The number of para-hydroxylation sites is 2.